The van der Waals surface area contributed by atoms with E-state index in [1.807, 2.05) is 32.0 Å². The van der Waals surface area contributed by atoms with Crippen LogP contribution in [-0.2, 0) is 11.3 Å². The van der Waals surface area contributed by atoms with Gasteiger partial charge in [-0.15, -0.1) is 5.10 Å². The summed E-state index contributed by atoms with van der Waals surface area (Å²) < 4.78 is 6.54. The average molecular weight is 335 g/mol. The van der Waals surface area contributed by atoms with E-state index < -0.39 is 0 Å². The molecule has 2 rings (SSSR count). The molecule has 0 bridgehead atoms. The number of nitrogens with one attached hydrogen (secondary N) is 1. The summed E-state index contributed by atoms with van der Waals surface area (Å²) >= 11 is 1.27. The number of thioether (sulfide) groups is 1. The maximum atomic E-state index is 12.4. The summed E-state index contributed by atoms with van der Waals surface area (Å²) in [7, 11) is 1.62. The number of aryl methyl sites for hydroxylation is 2. The molecule has 1 aromatic carbocycles. The largest absolute Gasteiger partial charge is 0.385 e. The SMILES string of the molecule is COCCCn1c(SCC(=O)c2cc(C)ccc2C)n[nH]c1=O. The molecular weight excluding hydrogens is 314 g/mol. The lowest BCUT2D eigenvalue weighted by molar-refractivity contribution is 0.102. The minimum atomic E-state index is -0.261. The van der Waals surface area contributed by atoms with Crippen molar-refractivity contribution >= 4 is 17.5 Å². The number of benzene rings is 1. The molecule has 0 spiro atoms. The zero-order valence-electron chi connectivity index (χ0n) is 13.6. The Morgan fingerprint density at radius 1 is 1.39 bits per heavy atom. The van der Waals surface area contributed by atoms with Gasteiger partial charge in [0.2, 0.25) is 0 Å². The first kappa shape index (κ1) is 17.5. The van der Waals surface area contributed by atoms with E-state index in [1.54, 1.807) is 11.7 Å². The van der Waals surface area contributed by atoms with Crippen LogP contribution in [0.25, 0.3) is 0 Å². The van der Waals surface area contributed by atoms with Gasteiger partial charge in [0, 0.05) is 25.8 Å². The Morgan fingerprint density at radius 2 is 2.17 bits per heavy atom. The van der Waals surface area contributed by atoms with Gasteiger partial charge in [0.15, 0.2) is 10.9 Å². The van der Waals surface area contributed by atoms with E-state index in [0.717, 1.165) is 16.7 Å². The smallest absolute Gasteiger partial charge is 0.343 e. The van der Waals surface area contributed by atoms with E-state index in [0.29, 0.717) is 24.7 Å². The molecule has 7 heteroatoms. The molecule has 1 heterocycles. The highest BCUT2D eigenvalue weighted by molar-refractivity contribution is 7.99. The van der Waals surface area contributed by atoms with Crippen LogP contribution < -0.4 is 5.69 Å². The fraction of sp³-hybridized carbons (Fsp3) is 0.438. The Labute approximate surface area is 139 Å². The molecule has 0 radical (unpaired) electrons. The van der Waals surface area contributed by atoms with Gasteiger partial charge >= 0.3 is 5.69 Å². The Bertz CT molecular complexity index is 736. The van der Waals surface area contributed by atoms with Gasteiger partial charge in [-0.1, -0.05) is 29.5 Å². The molecule has 1 N–H and O–H groups in total. The second-order valence-corrected chi connectivity index (χ2v) is 6.28. The fourth-order valence-electron chi connectivity index (χ4n) is 2.22. The molecule has 0 amide bonds. The second-order valence-electron chi connectivity index (χ2n) is 5.34. The van der Waals surface area contributed by atoms with Gasteiger partial charge in [-0.2, -0.15) is 0 Å². The summed E-state index contributed by atoms with van der Waals surface area (Å²) in [4.78, 5) is 24.2. The van der Waals surface area contributed by atoms with Crippen LogP contribution in [-0.4, -0.2) is 40.0 Å². The van der Waals surface area contributed by atoms with Crippen molar-refractivity contribution in [1.29, 1.82) is 0 Å². The van der Waals surface area contributed by atoms with E-state index in [9.17, 15) is 9.59 Å². The number of rotatable bonds is 8. The lowest BCUT2D eigenvalue weighted by atomic mass is 10.0. The average Bonchev–Trinajstić information content (AvgIpc) is 2.88. The Hall–Kier alpha value is -1.86. The number of hydrogen-bond acceptors (Lipinski definition) is 5. The molecule has 0 aliphatic carbocycles. The summed E-state index contributed by atoms with van der Waals surface area (Å²) in [6, 6.07) is 5.83. The monoisotopic (exact) mass is 335 g/mol. The number of hydrogen-bond donors (Lipinski definition) is 1. The van der Waals surface area contributed by atoms with E-state index >= 15 is 0 Å². The quantitative estimate of drug-likeness (QED) is 0.455. The van der Waals surface area contributed by atoms with Gasteiger partial charge in [-0.05, 0) is 31.9 Å². The predicted molar refractivity (Wildman–Crippen MR) is 90.3 cm³/mol. The van der Waals surface area contributed by atoms with Crippen LogP contribution in [0.1, 0.15) is 27.9 Å². The number of ketones is 1. The number of aromatic amines is 1. The van der Waals surface area contributed by atoms with E-state index in [4.69, 9.17) is 4.74 Å². The molecule has 0 unspecified atom stereocenters. The molecule has 0 saturated carbocycles. The first-order chi connectivity index (χ1) is 11.0. The maximum absolute atomic E-state index is 12.4. The van der Waals surface area contributed by atoms with Crippen molar-refractivity contribution < 1.29 is 9.53 Å². The van der Waals surface area contributed by atoms with Crippen molar-refractivity contribution in [3.8, 4) is 0 Å². The number of nitrogens with zero attached hydrogens (tertiary/aromatic N) is 2. The van der Waals surface area contributed by atoms with Crippen LogP contribution in [0.5, 0.6) is 0 Å². The summed E-state index contributed by atoms with van der Waals surface area (Å²) in [6.45, 7) is 4.98. The molecule has 1 aromatic heterocycles. The van der Waals surface area contributed by atoms with Crippen molar-refractivity contribution in [2.45, 2.75) is 32.0 Å². The number of ether oxygens (including phenoxy) is 1. The Morgan fingerprint density at radius 3 is 2.91 bits per heavy atom. The van der Waals surface area contributed by atoms with E-state index in [2.05, 4.69) is 10.2 Å². The van der Waals surface area contributed by atoms with Crippen molar-refractivity contribution in [2.24, 2.45) is 0 Å². The molecule has 23 heavy (non-hydrogen) atoms. The molecular formula is C16H21N3O3S. The van der Waals surface area contributed by atoms with Gasteiger partial charge in [-0.25, -0.2) is 9.89 Å². The summed E-state index contributed by atoms with van der Waals surface area (Å²) in [5.74, 6) is 0.286. The lowest BCUT2D eigenvalue weighted by Gasteiger charge is -2.07. The molecule has 0 atom stereocenters. The number of H-pyrrole nitrogens is 1. The van der Waals surface area contributed by atoms with Gasteiger partial charge in [0.1, 0.15) is 0 Å². The number of aromatic nitrogens is 3. The zero-order chi connectivity index (χ0) is 16.8. The van der Waals surface area contributed by atoms with Crippen molar-refractivity contribution in [3.63, 3.8) is 0 Å². The zero-order valence-corrected chi connectivity index (χ0v) is 14.4. The van der Waals surface area contributed by atoms with Crippen molar-refractivity contribution in [1.82, 2.24) is 14.8 Å². The standard InChI is InChI=1S/C16H21N3O3S/c1-11-5-6-12(2)13(9-11)14(20)10-23-16-18-17-15(21)19(16)7-4-8-22-3/h5-6,9H,4,7-8,10H2,1-3H3,(H,17,21). The molecule has 6 nitrogen and oxygen atoms in total. The highest BCUT2D eigenvalue weighted by Gasteiger charge is 2.14. The first-order valence-electron chi connectivity index (χ1n) is 7.40. The number of carbonyl (C=O) groups excluding carboxylic acids is 1. The van der Waals surface area contributed by atoms with Gasteiger partial charge in [0.05, 0.1) is 5.75 Å². The van der Waals surface area contributed by atoms with Crippen LogP contribution in [0.4, 0.5) is 0 Å². The van der Waals surface area contributed by atoms with Crippen molar-refractivity contribution in [2.75, 3.05) is 19.5 Å². The minimum absolute atomic E-state index is 0.0371. The van der Waals surface area contributed by atoms with Gasteiger partial charge < -0.3 is 4.74 Å². The fourth-order valence-corrected chi connectivity index (χ4v) is 3.08. The number of Topliss-reactive ketones (excluding diaryl/α,β-unsaturated/α-hetero) is 1. The topological polar surface area (TPSA) is 77.0 Å². The normalized spacial score (nSPS) is 10.9. The Kier molecular flexibility index (Phi) is 6.18. The number of carbonyl (C=O) groups is 1. The second kappa shape index (κ2) is 8.12. The molecule has 0 aliphatic rings. The highest BCUT2D eigenvalue weighted by Crippen LogP contribution is 2.18. The van der Waals surface area contributed by atoms with Gasteiger partial charge in [-0.3, -0.25) is 9.36 Å². The first-order valence-corrected chi connectivity index (χ1v) is 8.39. The van der Waals surface area contributed by atoms with Gasteiger partial charge in [0.25, 0.3) is 0 Å². The van der Waals surface area contributed by atoms with Crippen LogP contribution in [0, 0.1) is 13.8 Å². The van der Waals surface area contributed by atoms with E-state index in [-0.39, 0.29) is 17.2 Å². The van der Waals surface area contributed by atoms with Crippen LogP contribution >= 0.6 is 11.8 Å². The lowest BCUT2D eigenvalue weighted by Crippen LogP contribution is -2.18. The van der Waals surface area contributed by atoms with Crippen LogP contribution in [0.3, 0.4) is 0 Å². The molecule has 2 aromatic rings. The van der Waals surface area contributed by atoms with E-state index in [1.165, 1.54) is 11.8 Å². The van der Waals surface area contributed by atoms with Crippen LogP contribution in [0.15, 0.2) is 28.2 Å². The highest BCUT2D eigenvalue weighted by atomic mass is 32.2. The summed E-state index contributed by atoms with van der Waals surface area (Å²) in [5.41, 5.74) is 2.48. The molecule has 0 saturated heterocycles. The third-order valence-corrected chi connectivity index (χ3v) is 4.46. The molecule has 124 valence electrons. The summed E-state index contributed by atoms with van der Waals surface area (Å²) in [5, 5.41) is 6.96. The maximum Gasteiger partial charge on any atom is 0.343 e. The third kappa shape index (κ3) is 4.56. The molecule has 0 fully saturated rings. The Balaban J connectivity index is 2.04. The van der Waals surface area contributed by atoms with Crippen LogP contribution in [0.2, 0.25) is 0 Å². The summed E-state index contributed by atoms with van der Waals surface area (Å²) in [6.07, 6.45) is 0.717. The third-order valence-electron chi connectivity index (χ3n) is 3.48. The molecule has 0 aliphatic heterocycles. The predicted octanol–water partition coefficient (Wildman–Crippen LogP) is 2.20. The minimum Gasteiger partial charge on any atom is -0.385 e. The van der Waals surface area contributed by atoms with Crippen molar-refractivity contribution in [3.05, 3.63) is 45.4 Å². The number of methoxy groups -OCH3 is 1.